The van der Waals surface area contributed by atoms with E-state index in [0.29, 0.717) is 31.7 Å². The van der Waals surface area contributed by atoms with Gasteiger partial charge in [-0.25, -0.2) is 0 Å². The molecule has 1 aliphatic carbocycles. The number of carbonyl (C=O) groups excluding carboxylic acids is 1. The normalized spacial score (nSPS) is 26.5. The number of hydrogen-bond donors (Lipinski definition) is 1. The van der Waals surface area contributed by atoms with Crippen LogP contribution in [0.4, 0.5) is 0 Å². The third kappa shape index (κ3) is 3.54. The van der Waals surface area contributed by atoms with E-state index in [1.165, 1.54) is 25.7 Å². The molecular weight excluding hydrogens is 286 g/mol. The maximum absolute atomic E-state index is 12.4. The number of rotatable bonds is 2. The highest BCUT2D eigenvalue weighted by Gasteiger charge is 2.37. The Kier molecular flexibility index (Phi) is 4.74. The molecule has 1 spiro atoms. The molecule has 2 heterocycles. The van der Waals surface area contributed by atoms with Gasteiger partial charge in [0, 0.05) is 25.4 Å². The van der Waals surface area contributed by atoms with Crippen LogP contribution in [0.3, 0.4) is 0 Å². The molecule has 1 N–H and O–H groups in total. The summed E-state index contributed by atoms with van der Waals surface area (Å²) in [7, 11) is 0. The summed E-state index contributed by atoms with van der Waals surface area (Å²) in [6.07, 6.45) is 5.34. The number of thioether (sulfide) groups is 1. The van der Waals surface area contributed by atoms with Crippen molar-refractivity contribution in [2.45, 2.75) is 38.6 Å². The Hall–Kier alpha value is -0.750. The van der Waals surface area contributed by atoms with E-state index in [2.05, 4.69) is 5.32 Å². The second kappa shape index (κ2) is 6.57. The fraction of sp³-hybridized carbons (Fsp3) is 0.867. The van der Waals surface area contributed by atoms with Gasteiger partial charge in [-0.15, -0.1) is 0 Å². The van der Waals surface area contributed by atoms with Crippen molar-refractivity contribution in [3.63, 3.8) is 0 Å². The Labute approximate surface area is 130 Å². The predicted octanol–water partition coefficient (Wildman–Crippen LogP) is 1.49. The molecule has 5 nitrogen and oxygen atoms in total. The molecule has 0 aromatic rings. The molecule has 0 bridgehead atoms. The molecule has 0 radical (unpaired) electrons. The summed E-state index contributed by atoms with van der Waals surface area (Å²) in [5.74, 6) is 1.31. The molecule has 1 atom stereocenters. The van der Waals surface area contributed by atoms with Gasteiger partial charge < -0.3 is 15.0 Å². The van der Waals surface area contributed by atoms with E-state index < -0.39 is 0 Å². The van der Waals surface area contributed by atoms with Crippen LogP contribution in [0.2, 0.25) is 0 Å². The Balaban J connectivity index is 1.51. The highest BCUT2D eigenvalue weighted by Crippen LogP contribution is 2.43. The van der Waals surface area contributed by atoms with Crippen LogP contribution in [0.5, 0.6) is 0 Å². The summed E-state index contributed by atoms with van der Waals surface area (Å²) in [5, 5.41) is 4.25. The molecule has 118 valence electrons. The highest BCUT2D eigenvalue weighted by atomic mass is 32.2. The molecule has 0 aromatic carbocycles. The first-order valence-corrected chi connectivity index (χ1v) is 8.97. The van der Waals surface area contributed by atoms with E-state index in [0.717, 1.165) is 17.5 Å². The lowest BCUT2D eigenvalue weighted by molar-refractivity contribution is -0.136. The molecule has 21 heavy (non-hydrogen) atoms. The molecule has 2 aliphatic heterocycles. The number of hydrogen-bond acceptors (Lipinski definition) is 5. The second-order valence-corrected chi connectivity index (χ2v) is 7.38. The van der Waals surface area contributed by atoms with Gasteiger partial charge in [-0.2, -0.15) is 0 Å². The number of amides is 1. The Bertz CT molecular complexity index is 415. The molecule has 1 amide bonds. The minimum absolute atomic E-state index is 0.155. The summed E-state index contributed by atoms with van der Waals surface area (Å²) in [5.41, 5.74) is 0.452. The summed E-state index contributed by atoms with van der Waals surface area (Å²) >= 11 is 1.80. The number of amidine groups is 1. The zero-order valence-electron chi connectivity index (χ0n) is 12.8. The first-order chi connectivity index (χ1) is 10.2. The zero-order valence-corrected chi connectivity index (χ0v) is 13.6. The van der Waals surface area contributed by atoms with Crippen LogP contribution in [0, 0.1) is 5.41 Å². The van der Waals surface area contributed by atoms with Crippen LogP contribution < -0.4 is 5.32 Å². The van der Waals surface area contributed by atoms with Crippen LogP contribution in [0.1, 0.15) is 32.6 Å². The molecule has 6 heteroatoms. The van der Waals surface area contributed by atoms with Crippen LogP contribution in [0.15, 0.2) is 4.99 Å². The molecule has 2 fully saturated rings. The molecule has 1 unspecified atom stereocenters. The standard InChI is InChI=1S/C15H25N3O2S/c1-12(13(19)18-6-8-20-9-7-18)17-14-16-10-15(11-21-14)4-2-3-5-15/h12H,2-11H2,1H3,(H,16,17). The quantitative estimate of drug-likeness (QED) is 0.839. The van der Waals surface area contributed by atoms with Crippen molar-refractivity contribution in [3.05, 3.63) is 0 Å². The second-order valence-electron chi connectivity index (χ2n) is 6.42. The number of nitrogens with zero attached hydrogens (tertiary/aromatic N) is 2. The van der Waals surface area contributed by atoms with E-state index in [9.17, 15) is 4.79 Å². The summed E-state index contributed by atoms with van der Waals surface area (Å²) in [6.45, 7) is 5.57. The number of carbonyl (C=O) groups is 1. The van der Waals surface area contributed by atoms with Gasteiger partial charge in [0.15, 0.2) is 5.17 Å². The van der Waals surface area contributed by atoms with Crippen LogP contribution in [-0.4, -0.2) is 60.6 Å². The largest absolute Gasteiger partial charge is 0.378 e. The fourth-order valence-electron chi connectivity index (χ4n) is 3.37. The SMILES string of the molecule is CC(NC1=NCC2(CCCC2)CS1)C(=O)N1CCOCC1. The lowest BCUT2D eigenvalue weighted by atomic mass is 9.89. The van der Waals surface area contributed by atoms with Crippen molar-refractivity contribution in [2.24, 2.45) is 10.4 Å². The third-order valence-corrected chi connectivity index (χ3v) is 6.05. The average Bonchev–Trinajstić information content (AvgIpc) is 2.98. The van der Waals surface area contributed by atoms with Gasteiger partial charge in [-0.3, -0.25) is 9.79 Å². The Morgan fingerprint density at radius 2 is 2.10 bits per heavy atom. The molecular formula is C15H25N3O2S. The fourth-order valence-corrected chi connectivity index (χ4v) is 4.61. The summed E-state index contributed by atoms with van der Waals surface area (Å²) in [6, 6.07) is -0.202. The Morgan fingerprint density at radius 3 is 2.71 bits per heavy atom. The van der Waals surface area contributed by atoms with Gasteiger partial charge in [-0.1, -0.05) is 24.6 Å². The van der Waals surface area contributed by atoms with Gasteiger partial charge in [0.1, 0.15) is 6.04 Å². The minimum atomic E-state index is -0.202. The van der Waals surface area contributed by atoms with E-state index >= 15 is 0 Å². The van der Waals surface area contributed by atoms with Crippen molar-refractivity contribution < 1.29 is 9.53 Å². The Morgan fingerprint density at radius 1 is 1.38 bits per heavy atom. The van der Waals surface area contributed by atoms with Crippen molar-refractivity contribution in [1.29, 1.82) is 0 Å². The van der Waals surface area contributed by atoms with Gasteiger partial charge in [0.2, 0.25) is 5.91 Å². The van der Waals surface area contributed by atoms with Crippen molar-refractivity contribution in [1.82, 2.24) is 10.2 Å². The van der Waals surface area contributed by atoms with Crippen LogP contribution in [0.25, 0.3) is 0 Å². The van der Waals surface area contributed by atoms with Gasteiger partial charge in [-0.05, 0) is 25.2 Å². The topological polar surface area (TPSA) is 53.9 Å². The first kappa shape index (κ1) is 15.2. The average molecular weight is 311 g/mol. The van der Waals surface area contributed by atoms with Crippen LogP contribution >= 0.6 is 11.8 Å². The predicted molar refractivity (Wildman–Crippen MR) is 85.7 cm³/mol. The molecule has 3 rings (SSSR count). The zero-order chi connectivity index (χ0) is 14.7. The van der Waals surface area contributed by atoms with Gasteiger partial charge in [0.05, 0.1) is 13.2 Å². The van der Waals surface area contributed by atoms with Gasteiger partial charge in [0.25, 0.3) is 0 Å². The van der Waals surface area contributed by atoms with Crippen molar-refractivity contribution in [2.75, 3.05) is 38.6 Å². The number of nitrogens with one attached hydrogen (secondary N) is 1. The molecule has 0 aromatic heterocycles. The number of ether oxygens (including phenoxy) is 1. The van der Waals surface area contributed by atoms with Gasteiger partial charge >= 0.3 is 0 Å². The smallest absolute Gasteiger partial charge is 0.244 e. The molecule has 1 saturated carbocycles. The number of aliphatic imine (C=N–C) groups is 1. The van der Waals surface area contributed by atoms with E-state index in [1.807, 2.05) is 11.8 Å². The van der Waals surface area contributed by atoms with Crippen molar-refractivity contribution >= 4 is 22.8 Å². The highest BCUT2D eigenvalue weighted by molar-refractivity contribution is 8.13. The van der Waals surface area contributed by atoms with E-state index in [-0.39, 0.29) is 11.9 Å². The molecule has 1 saturated heterocycles. The maximum atomic E-state index is 12.4. The number of morpholine rings is 1. The first-order valence-electron chi connectivity index (χ1n) is 7.99. The summed E-state index contributed by atoms with van der Waals surface area (Å²) in [4.78, 5) is 19.0. The lowest BCUT2D eigenvalue weighted by Gasteiger charge is -2.33. The van der Waals surface area contributed by atoms with Crippen LogP contribution in [-0.2, 0) is 9.53 Å². The monoisotopic (exact) mass is 311 g/mol. The van der Waals surface area contributed by atoms with Crippen molar-refractivity contribution in [3.8, 4) is 0 Å². The third-order valence-electron chi connectivity index (χ3n) is 4.77. The maximum Gasteiger partial charge on any atom is 0.244 e. The minimum Gasteiger partial charge on any atom is -0.378 e. The molecule has 3 aliphatic rings. The summed E-state index contributed by atoms with van der Waals surface area (Å²) < 4.78 is 5.29. The lowest BCUT2D eigenvalue weighted by Crippen LogP contribution is -2.50. The van der Waals surface area contributed by atoms with E-state index in [1.54, 1.807) is 11.8 Å². The van der Waals surface area contributed by atoms with E-state index in [4.69, 9.17) is 9.73 Å².